The van der Waals surface area contributed by atoms with Crippen LogP contribution in [0.1, 0.15) is 36.3 Å². The summed E-state index contributed by atoms with van der Waals surface area (Å²) in [6, 6.07) is 5.62. The molecule has 2 aromatic rings. The molecular formula is C16H22N4O2. The van der Waals surface area contributed by atoms with E-state index in [1.807, 2.05) is 46.0 Å². The molecule has 0 aliphatic heterocycles. The van der Waals surface area contributed by atoms with Crippen molar-refractivity contribution in [2.75, 3.05) is 6.61 Å². The van der Waals surface area contributed by atoms with Gasteiger partial charge in [-0.1, -0.05) is 13.0 Å². The molecule has 22 heavy (non-hydrogen) atoms. The largest absolute Gasteiger partial charge is 0.484 e. The van der Waals surface area contributed by atoms with E-state index in [1.54, 1.807) is 4.68 Å². The van der Waals surface area contributed by atoms with Crippen LogP contribution in [0.2, 0.25) is 0 Å². The molecule has 6 nitrogen and oxygen atoms in total. The molecule has 2 rings (SSSR count). The highest BCUT2D eigenvalue weighted by atomic mass is 16.5. The molecule has 0 aliphatic carbocycles. The molecule has 1 amide bonds. The van der Waals surface area contributed by atoms with E-state index in [-0.39, 0.29) is 18.6 Å². The molecule has 0 aliphatic rings. The predicted molar refractivity (Wildman–Crippen MR) is 83.6 cm³/mol. The molecule has 1 unspecified atom stereocenters. The van der Waals surface area contributed by atoms with Gasteiger partial charge in [0.25, 0.3) is 5.91 Å². The Labute approximate surface area is 130 Å². The Morgan fingerprint density at radius 3 is 2.73 bits per heavy atom. The number of hydrogen-bond acceptors (Lipinski definition) is 4. The van der Waals surface area contributed by atoms with Crippen LogP contribution in [-0.2, 0) is 11.8 Å². The number of nitrogens with one attached hydrogen (secondary N) is 1. The molecule has 1 N–H and O–H groups in total. The van der Waals surface area contributed by atoms with Crippen LogP contribution in [0.4, 0.5) is 0 Å². The molecule has 118 valence electrons. The van der Waals surface area contributed by atoms with Gasteiger partial charge in [0, 0.05) is 7.05 Å². The normalized spacial score (nSPS) is 12.0. The molecule has 0 spiro atoms. The lowest BCUT2D eigenvalue weighted by molar-refractivity contribution is -0.124. The summed E-state index contributed by atoms with van der Waals surface area (Å²) in [4.78, 5) is 16.2. The molecule has 0 saturated carbocycles. The fourth-order valence-electron chi connectivity index (χ4n) is 2.16. The van der Waals surface area contributed by atoms with Crippen LogP contribution in [0.25, 0.3) is 0 Å². The first-order valence-electron chi connectivity index (χ1n) is 7.34. The lowest BCUT2D eigenvalue weighted by atomic mass is 10.1. The molecular weight excluding hydrogens is 280 g/mol. The van der Waals surface area contributed by atoms with Crippen LogP contribution < -0.4 is 10.1 Å². The average molecular weight is 302 g/mol. The standard InChI is InChI=1S/C16H22N4O2/c1-5-14(16-17-10-18-20(16)4)19-15(21)9-22-13-7-6-11(2)12(3)8-13/h6-8,10,14H,5,9H2,1-4H3,(H,19,21). The first-order chi connectivity index (χ1) is 10.5. The lowest BCUT2D eigenvalue weighted by Crippen LogP contribution is -2.33. The topological polar surface area (TPSA) is 69.0 Å². The zero-order chi connectivity index (χ0) is 16.1. The molecule has 1 aromatic heterocycles. The first-order valence-corrected chi connectivity index (χ1v) is 7.34. The molecule has 0 radical (unpaired) electrons. The number of aryl methyl sites for hydroxylation is 3. The van der Waals surface area contributed by atoms with Crippen LogP contribution in [0.15, 0.2) is 24.5 Å². The van der Waals surface area contributed by atoms with Crippen molar-refractivity contribution in [2.24, 2.45) is 7.05 Å². The van der Waals surface area contributed by atoms with Crippen molar-refractivity contribution in [1.82, 2.24) is 20.1 Å². The summed E-state index contributed by atoms with van der Waals surface area (Å²) in [7, 11) is 1.81. The Hall–Kier alpha value is -2.37. The molecule has 6 heteroatoms. The van der Waals surface area contributed by atoms with Gasteiger partial charge < -0.3 is 10.1 Å². The SMILES string of the molecule is CCC(NC(=O)COc1ccc(C)c(C)c1)c1ncnn1C. The quantitative estimate of drug-likeness (QED) is 0.887. The lowest BCUT2D eigenvalue weighted by Gasteiger charge is -2.16. The summed E-state index contributed by atoms with van der Waals surface area (Å²) < 4.78 is 7.21. The third kappa shape index (κ3) is 3.84. The van der Waals surface area contributed by atoms with Crippen LogP contribution in [0, 0.1) is 13.8 Å². The average Bonchev–Trinajstić information content (AvgIpc) is 2.92. The third-order valence-corrected chi connectivity index (χ3v) is 3.65. The van der Waals surface area contributed by atoms with Crippen molar-refractivity contribution < 1.29 is 9.53 Å². The number of hydrogen-bond donors (Lipinski definition) is 1. The van der Waals surface area contributed by atoms with Crippen molar-refractivity contribution in [1.29, 1.82) is 0 Å². The van der Waals surface area contributed by atoms with Gasteiger partial charge in [-0.3, -0.25) is 9.48 Å². The number of benzene rings is 1. The fraction of sp³-hybridized carbons (Fsp3) is 0.438. The van der Waals surface area contributed by atoms with Gasteiger partial charge in [-0.15, -0.1) is 0 Å². The fourth-order valence-corrected chi connectivity index (χ4v) is 2.16. The van der Waals surface area contributed by atoms with Crippen LogP contribution in [0.5, 0.6) is 5.75 Å². The van der Waals surface area contributed by atoms with Gasteiger partial charge in [0.2, 0.25) is 0 Å². The second kappa shape index (κ2) is 7.06. The highest BCUT2D eigenvalue weighted by Crippen LogP contribution is 2.16. The Morgan fingerprint density at radius 1 is 1.36 bits per heavy atom. The van der Waals surface area contributed by atoms with Crippen molar-refractivity contribution in [3.8, 4) is 5.75 Å². The summed E-state index contributed by atoms with van der Waals surface area (Å²) in [5, 5.41) is 6.95. The van der Waals surface area contributed by atoms with Gasteiger partial charge in [-0.05, 0) is 43.5 Å². The van der Waals surface area contributed by atoms with E-state index in [0.717, 1.165) is 17.8 Å². The molecule has 0 bridgehead atoms. The van der Waals surface area contributed by atoms with Crippen molar-refractivity contribution >= 4 is 5.91 Å². The number of aromatic nitrogens is 3. The van der Waals surface area contributed by atoms with Gasteiger partial charge in [-0.2, -0.15) is 5.10 Å². The van der Waals surface area contributed by atoms with Gasteiger partial charge in [0.05, 0.1) is 6.04 Å². The zero-order valence-electron chi connectivity index (χ0n) is 13.5. The number of amides is 1. The number of rotatable bonds is 6. The summed E-state index contributed by atoms with van der Waals surface area (Å²) in [6.45, 7) is 6.03. The Balaban J connectivity index is 1.92. The van der Waals surface area contributed by atoms with E-state index in [9.17, 15) is 4.79 Å². The Bertz CT molecular complexity index is 651. The van der Waals surface area contributed by atoms with Crippen LogP contribution in [-0.4, -0.2) is 27.3 Å². The van der Waals surface area contributed by atoms with E-state index in [2.05, 4.69) is 15.4 Å². The monoisotopic (exact) mass is 302 g/mol. The van der Waals surface area contributed by atoms with E-state index in [4.69, 9.17) is 4.74 Å². The number of carbonyl (C=O) groups excluding carboxylic acids is 1. The van der Waals surface area contributed by atoms with Gasteiger partial charge in [0.1, 0.15) is 17.9 Å². The predicted octanol–water partition coefficient (Wildman–Crippen LogP) is 2.08. The Kier molecular flexibility index (Phi) is 5.14. The van der Waals surface area contributed by atoms with Crippen molar-refractivity contribution in [2.45, 2.75) is 33.2 Å². The minimum absolute atomic E-state index is 0.0170. The molecule has 1 aromatic carbocycles. The van der Waals surface area contributed by atoms with Gasteiger partial charge in [0.15, 0.2) is 6.61 Å². The van der Waals surface area contributed by atoms with E-state index in [1.165, 1.54) is 11.9 Å². The maximum Gasteiger partial charge on any atom is 0.258 e. The van der Waals surface area contributed by atoms with E-state index < -0.39 is 0 Å². The number of carbonyl (C=O) groups is 1. The highest BCUT2D eigenvalue weighted by Gasteiger charge is 2.17. The van der Waals surface area contributed by atoms with E-state index >= 15 is 0 Å². The van der Waals surface area contributed by atoms with E-state index in [0.29, 0.717) is 5.75 Å². The summed E-state index contributed by atoms with van der Waals surface area (Å²) in [5.41, 5.74) is 2.34. The van der Waals surface area contributed by atoms with Gasteiger partial charge >= 0.3 is 0 Å². The van der Waals surface area contributed by atoms with Crippen molar-refractivity contribution in [3.63, 3.8) is 0 Å². The molecule has 0 fully saturated rings. The molecule has 1 atom stereocenters. The minimum atomic E-state index is -0.173. The molecule has 0 saturated heterocycles. The maximum atomic E-state index is 12.1. The first kappa shape index (κ1) is 16.0. The number of nitrogens with zero attached hydrogens (tertiary/aromatic N) is 3. The number of ether oxygens (including phenoxy) is 1. The van der Waals surface area contributed by atoms with Crippen LogP contribution in [0.3, 0.4) is 0 Å². The zero-order valence-corrected chi connectivity index (χ0v) is 13.5. The second-order valence-corrected chi connectivity index (χ2v) is 5.30. The maximum absolute atomic E-state index is 12.1. The second-order valence-electron chi connectivity index (χ2n) is 5.30. The third-order valence-electron chi connectivity index (χ3n) is 3.65. The van der Waals surface area contributed by atoms with Crippen LogP contribution >= 0.6 is 0 Å². The highest BCUT2D eigenvalue weighted by molar-refractivity contribution is 5.77. The minimum Gasteiger partial charge on any atom is -0.484 e. The van der Waals surface area contributed by atoms with Crippen molar-refractivity contribution in [3.05, 3.63) is 41.5 Å². The summed E-state index contributed by atoms with van der Waals surface area (Å²) >= 11 is 0. The van der Waals surface area contributed by atoms with Gasteiger partial charge in [-0.25, -0.2) is 4.98 Å². The summed E-state index contributed by atoms with van der Waals surface area (Å²) in [6.07, 6.45) is 2.22. The smallest absolute Gasteiger partial charge is 0.258 e. The molecule has 1 heterocycles. The summed E-state index contributed by atoms with van der Waals surface area (Å²) in [5.74, 6) is 1.26. The Morgan fingerprint density at radius 2 is 2.14 bits per heavy atom.